The molecule has 0 atom stereocenters. The molecule has 1 aliphatic heterocycles. The van der Waals surface area contributed by atoms with Gasteiger partial charge in [0.05, 0.1) is 16.3 Å². The van der Waals surface area contributed by atoms with Crippen molar-refractivity contribution in [3.63, 3.8) is 0 Å². The number of anilines is 1. The molecule has 0 saturated heterocycles. The second-order valence-electron chi connectivity index (χ2n) is 4.83. The second kappa shape index (κ2) is 5.81. The van der Waals surface area contributed by atoms with Crippen molar-refractivity contribution in [2.45, 2.75) is 0 Å². The van der Waals surface area contributed by atoms with E-state index in [9.17, 15) is 14.9 Å². The second-order valence-corrected chi connectivity index (χ2v) is 5.24. The highest BCUT2D eigenvalue weighted by Crippen LogP contribution is 2.31. The van der Waals surface area contributed by atoms with Gasteiger partial charge >= 0.3 is 0 Å². The Morgan fingerprint density at radius 2 is 2.09 bits per heavy atom. The van der Waals surface area contributed by atoms with Gasteiger partial charge in [0.25, 0.3) is 5.69 Å². The van der Waals surface area contributed by atoms with Gasteiger partial charge < -0.3 is 4.90 Å². The maximum atomic E-state index is 12.4. The number of aliphatic imine (C=N–C) groups is 1. The molecule has 0 spiro atoms. The van der Waals surface area contributed by atoms with Crippen molar-refractivity contribution in [2.75, 3.05) is 18.4 Å². The van der Waals surface area contributed by atoms with Crippen LogP contribution in [0.3, 0.4) is 0 Å². The van der Waals surface area contributed by atoms with Crippen molar-refractivity contribution < 1.29 is 13.8 Å². The fourth-order valence-electron chi connectivity index (χ4n) is 2.34. The number of benzodiazepines with no additional fused rings is 1. The minimum Gasteiger partial charge on any atom is -0.313 e. The fraction of sp³-hybridized carbons (Fsp3) is 0.125. The summed E-state index contributed by atoms with van der Waals surface area (Å²) >= 11 is 6.22. The van der Waals surface area contributed by atoms with E-state index in [-0.39, 0.29) is 22.6 Å². The van der Waals surface area contributed by atoms with E-state index in [4.69, 9.17) is 15.7 Å². The monoisotopic (exact) mass is 332 g/mol. The van der Waals surface area contributed by atoms with Gasteiger partial charge in [-0.3, -0.25) is 19.9 Å². The molecule has 2 aromatic carbocycles. The minimum absolute atomic E-state index is 0.0248. The number of likely N-dealkylation sites (N-methyl/N-ethyl adjacent to an activating group) is 1. The van der Waals surface area contributed by atoms with E-state index in [0.717, 1.165) is 6.07 Å². The van der Waals surface area contributed by atoms with Crippen LogP contribution < -0.4 is 4.90 Å². The number of carbonyl (C=O) groups is 1. The van der Waals surface area contributed by atoms with Crippen molar-refractivity contribution in [2.24, 2.45) is 4.99 Å². The lowest BCUT2D eigenvalue weighted by atomic mass is 9.99. The first-order valence-electron chi connectivity index (χ1n) is 8.11. The quantitative estimate of drug-likeness (QED) is 0.626. The molecular weight excluding hydrogens is 318 g/mol. The van der Waals surface area contributed by atoms with E-state index in [0.29, 0.717) is 15.5 Å². The van der Waals surface area contributed by atoms with E-state index in [1.807, 2.05) is 0 Å². The summed E-state index contributed by atoms with van der Waals surface area (Å²) in [7, 11) is 0. The summed E-state index contributed by atoms with van der Waals surface area (Å²) < 4.78 is 23.0. The molecule has 0 aliphatic carbocycles. The number of non-ortho nitro benzene ring substituents is 1. The molecule has 0 aromatic heterocycles. The predicted octanol–water partition coefficient (Wildman–Crippen LogP) is 3.06. The zero-order chi connectivity index (χ0) is 19.1. The normalized spacial score (nSPS) is 16.6. The Hall–Kier alpha value is -2.73. The molecule has 23 heavy (non-hydrogen) atoms. The lowest BCUT2D eigenvalue weighted by Crippen LogP contribution is -2.27. The van der Waals surface area contributed by atoms with Crippen LogP contribution in [-0.2, 0) is 4.79 Å². The number of hydrogen-bond acceptors (Lipinski definition) is 4. The third-order valence-corrected chi connectivity index (χ3v) is 3.77. The highest BCUT2D eigenvalue weighted by atomic mass is 35.5. The summed E-state index contributed by atoms with van der Waals surface area (Å²) in [6, 6.07) is 10.3. The van der Waals surface area contributed by atoms with Crippen molar-refractivity contribution in [3.8, 4) is 0 Å². The molecule has 2 aromatic rings. The molecule has 1 aliphatic rings. The van der Waals surface area contributed by atoms with Crippen LogP contribution in [0, 0.1) is 10.1 Å². The first-order chi connectivity index (χ1) is 12.2. The number of carbonyl (C=O) groups excluding carboxylic acids is 1. The zero-order valence-corrected chi connectivity index (χ0v) is 12.4. The Morgan fingerprint density at radius 1 is 1.30 bits per heavy atom. The van der Waals surface area contributed by atoms with E-state index < -0.39 is 24.4 Å². The molecule has 1 amide bonds. The maximum absolute atomic E-state index is 12.4. The van der Waals surface area contributed by atoms with Gasteiger partial charge in [-0.05, 0) is 12.1 Å². The number of nitro groups is 1. The molecule has 3 rings (SSSR count). The van der Waals surface area contributed by atoms with E-state index in [1.165, 1.54) is 12.1 Å². The van der Waals surface area contributed by atoms with Gasteiger partial charge in [0, 0.05) is 39.4 Å². The summed E-state index contributed by atoms with van der Waals surface area (Å²) in [5.41, 5.74) is 0.625. The fourth-order valence-corrected chi connectivity index (χ4v) is 2.57. The lowest BCUT2D eigenvalue weighted by molar-refractivity contribution is -0.384. The van der Waals surface area contributed by atoms with Crippen LogP contribution in [0.4, 0.5) is 11.4 Å². The molecule has 0 N–H and O–H groups in total. The van der Waals surface area contributed by atoms with Crippen LogP contribution in [0.25, 0.3) is 0 Å². The Labute approximate surface area is 141 Å². The smallest absolute Gasteiger partial charge is 0.270 e. The number of amides is 1. The number of benzene rings is 2. The molecule has 0 bridgehead atoms. The van der Waals surface area contributed by atoms with Crippen LogP contribution >= 0.6 is 11.6 Å². The standard InChI is InChI=1S/C16H12ClN3O3/c1-19-14-7-6-10(20(22)23)8-12(14)16(18-9-15(19)21)11-4-2-3-5-13(11)17/h2-8H,9H2,1H3/i1D3. The number of rotatable bonds is 2. The highest BCUT2D eigenvalue weighted by molar-refractivity contribution is 6.36. The van der Waals surface area contributed by atoms with Gasteiger partial charge in [-0.25, -0.2) is 0 Å². The molecule has 0 fully saturated rings. The minimum atomic E-state index is -2.76. The van der Waals surface area contributed by atoms with Crippen molar-refractivity contribution in [3.05, 3.63) is 68.7 Å². The molecule has 116 valence electrons. The Balaban J connectivity index is 2.31. The summed E-state index contributed by atoms with van der Waals surface area (Å²) in [4.78, 5) is 27.8. The van der Waals surface area contributed by atoms with Gasteiger partial charge in [0.2, 0.25) is 5.91 Å². The summed E-state index contributed by atoms with van der Waals surface area (Å²) in [5, 5.41) is 11.5. The zero-order valence-electron chi connectivity index (χ0n) is 14.7. The SMILES string of the molecule is [2H]C([2H])([2H])N1C(=O)CN=C(c2ccccc2Cl)c2cc([N+](=O)[O-])ccc21. The van der Waals surface area contributed by atoms with Gasteiger partial charge in [-0.2, -0.15) is 0 Å². The Morgan fingerprint density at radius 3 is 2.78 bits per heavy atom. The number of halogens is 1. The van der Waals surface area contributed by atoms with Gasteiger partial charge in [-0.15, -0.1) is 0 Å². The van der Waals surface area contributed by atoms with E-state index in [2.05, 4.69) is 4.99 Å². The maximum Gasteiger partial charge on any atom is 0.270 e. The van der Waals surface area contributed by atoms with Gasteiger partial charge in [0.15, 0.2) is 0 Å². The number of fused-ring (bicyclic) bond motifs is 1. The molecular formula is C16H12ClN3O3. The third kappa shape index (κ3) is 2.68. The van der Waals surface area contributed by atoms with Crippen LogP contribution in [0.5, 0.6) is 0 Å². The highest BCUT2D eigenvalue weighted by Gasteiger charge is 2.25. The Bertz CT molecular complexity index is 944. The number of hydrogen-bond donors (Lipinski definition) is 0. The summed E-state index contributed by atoms with van der Waals surface area (Å²) in [6.07, 6.45) is 0. The molecule has 6 nitrogen and oxygen atoms in total. The third-order valence-electron chi connectivity index (χ3n) is 3.44. The van der Waals surface area contributed by atoms with Crippen LogP contribution in [-0.4, -0.2) is 30.1 Å². The predicted molar refractivity (Wildman–Crippen MR) is 88.5 cm³/mol. The van der Waals surface area contributed by atoms with Crippen molar-refractivity contribution in [1.82, 2.24) is 0 Å². The van der Waals surface area contributed by atoms with E-state index in [1.54, 1.807) is 24.3 Å². The van der Waals surface area contributed by atoms with Crippen molar-refractivity contribution >= 4 is 34.6 Å². The van der Waals surface area contributed by atoms with Crippen LogP contribution in [0.15, 0.2) is 47.5 Å². The number of nitrogens with zero attached hydrogens (tertiary/aromatic N) is 3. The average Bonchev–Trinajstić information content (AvgIpc) is 2.70. The average molecular weight is 333 g/mol. The van der Waals surface area contributed by atoms with E-state index >= 15 is 0 Å². The largest absolute Gasteiger partial charge is 0.313 e. The van der Waals surface area contributed by atoms with Gasteiger partial charge in [0.1, 0.15) is 6.54 Å². The van der Waals surface area contributed by atoms with Crippen LogP contribution in [0.2, 0.25) is 5.02 Å². The van der Waals surface area contributed by atoms with Crippen LogP contribution in [0.1, 0.15) is 15.2 Å². The summed E-state index contributed by atoms with van der Waals surface area (Å²) in [6.45, 7) is -3.17. The lowest BCUT2D eigenvalue weighted by Gasteiger charge is -2.17. The molecule has 0 radical (unpaired) electrons. The topological polar surface area (TPSA) is 75.8 Å². The molecule has 1 heterocycles. The summed E-state index contributed by atoms with van der Waals surface area (Å²) in [5.74, 6) is -0.734. The molecule has 0 unspecified atom stereocenters. The molecule has 0 saturated carbocycles. The first-order valence-corrected chi connectivity index (χ1v) is 6.99. The van der Waals surface area contributed by atoms with Crippen molar-refractivity contribution in [1.29, 1.82) is 0 Å². The molecule has 7 heteroatoms. The van der Waals surface area contributed by atoms with Gasteiger partial charge in [-0.1, -0.05) is 29.8 Å². The Kier molecular flexibility index (Phi) is 2.98. The first kappa shape index (κ1) is 11.8. The number of nitro benzene ring substituents is 1.